The number of aliphatic hydroxyl groups is 1. The molecule has 0 saturated heterocycles. The van der Waals surface area contributed by atoms with Gasteiger partial charge in [-0.3, -0.25) is 14.4 Å². The lowest BCUT2D eigenvalue weighted by Gasteiger charge is -2.25. The van der Waals surface area contributed by atoms with Crippen molar-refractivity contribution >= 4 is 18.2 Å². The van der Waals surface area contributed by atoms with E-state index in [1.165, 1.54) is 4.90 Å². The molecule has 1 aromatic heterocycles. The molecular weight excluding hydrogens is 434 g/mol. The van der Waals surface area contributed by atoms with Crippen LogP contribution in [0.15, 0.2) is 24.3 Å². The summed E-state index contributed by atoms with van der Waals surface area (Å²) in [6, 6.07) is 7.08. The van der Waals surface area contributed by atoms with Crippen LogP contribution in [0.4, 0.5) is 0 Å². The van der Waals surface area contributed by atoms with E-state index in [-0.39, 0.29) is 23.6 Å². The van der Waals surface area contributed by atoms with Crippen molar-refractivity contribution in [2.45, 2.75) is 50.7 Å². The van der Waals surface area contributed by atoms with Gasteiger partial charge < -0.3 is 21.1 Å². The largest absolute Gasteiger partial charge is 0.380 e. The first-order chi connectivity index (χ1) is 16.4. The van der Waals surface area contributed by atoms with Gasteiger partial charge in [-0.1, -0.05) is 17.9 Å². The molecule has 0 bridgehead atoms. The summed E-state index contributed by atoms with van der Waals surface area (Å²) in [6.45, 7) is 0.410. The van der Waals surface area contributed by atoms with E-state index < -0.39 is 12.0 Å². The third-order valence-electron chi connectivity index (χ3n) is 6.18. The van der Waals surface area contributed by atoms with Gasteiger partial charge in [0, 0.05) is 37.1 Å². The molecule has 4 rings (SSSR count). The smallest absolute Gasteiger partial charge is 0.269 e. The zero-order chi connectivity index (χ0) is 24.2. The molecule has 2 unspecified atom stereocenters. The second-order valence-corrected chi connectivity index (χ2v) is 8.92. The van der Waals surface area contributed by atoms with E-state index in [1.54, 1.807) is 11.7 Å². The Bertz CT molecular complexity index is 1160. The van der Waals surface area contributed by atoms with Crippen LogP contribution in [-0.4, -0.2) is 57.7 Å². The molecule has 0 radical (unpaired) electrons. The van der Waals surface area contributed by atoms with Crippen molar-refractivity contribution in [1.29, 1.82) is 0 Å². The number of aliphatic hydroxyl groups excluding tert-OH is 1. The molecule has 0 aliphatic heterocycles. The minimum atomic E-state index is -0.860. The third kappa shape index (κ3) is 5.29. The zero-order valence-corrected chi connectivity index (χ0v) is 19.2. The number of carbonyl (C=O) groups is 3. The van der Waals surface area contributed by atoms with Crippen LogP contribution in [0.1, 0.15) is 65.5 Å². The Morgan fingerprint density at radius 2 is 2.18 bits per heavy atom. The van der Waals surface area contributed by atoms with Gasteiger partial charge in [-0.15, -0.1) is 0 Å². The molecule has 2 aliphatic carbocycles. The number of aromatic nitrogens is 2. The third-order valence-corrected chi connectivity index (χ3v) is 6.18. The highest BCUT2D eigenvalue weighted by atomic mass is 16.3. The first-order valence-electron chi connectivity index (χ1n) is 11.5. The number of hydrogen-bond acceptors (Lipinski definition) is 5. The van der Waals surface area contributed by atoms with Gasteiger partial charge in [0.15, 0.2) is 5.69 Å². The Labute approximate surface area is 198 Å². The van der Waals surface area contributed by atoms with E-state index in [1.807, 2.05) is 24.3 Å². The molecule has 1 saturated carbocycles. The maximum absolute atomic E-state index is 12.4. The number of rotatable bonds is 8. The standard InChI is InChI=1S/C25H29N5O4/c1-29(15-31)13-12-19(32)11-8-16-4-2-5-18(14-16)30-21-7-3-6-20(27-25(34)17-9-10-17)22(21)23(28-30)24(26)33/h2,4-5,14-15,17,19-20,32H,3,6-7,9-10,12-13H2,1H3,(H2,26,33)(H,27,34). The fraction of sp³-hybridized carbons (Fsp3) is 0.440. The lowest BCUT2D eigenvalue weighted by molar-refractivity contribution is -0.123. The van der Waals surface area contributed by atoms with Crippen LogP contribution in [0, 0.1) is 17.8 Å². The summed E-state index contributed by atoms with van der Waals surface area (Å²) < 4.78 is 1.71. The topological polar surface area (TPSA) is 131 Å². The Balaban J connectivity index is 1.60. The number of nitrogens with two attached hydrogens (primary N) is 1. The van der Waals surface area contributed by atoms with E-state index in [4.69, 9.17) is 5.73 Å². The highest BCUT2D eigenvalue weighted by molar-refractivity contribution is 5.93. The van der Waals surface area contributed by atoms with Crippen LogP contribution in [0.3, 0.4) is 0 Å². The number of nitrogens with zero attached hydrogens (tertiary/aromatic N) is 3. The summed E-state index contributed by atoms with van der Waals surface area (Å²) in [4.78, 5) is 36.8. The molecule has 2 atom stereocenters. The first kappa shape index (κ1) is 23.5. The zero-order valence-electron chi connectivity index (χ0n) is 19.2. The van der Waals surface area contributed by atoms with Crippen LogP contribution in [-0.2, 0) is 16.0 Å². The summed E-state index contributed by atoms with van der Waals surface area (Å²) >= 11 is 0. The van der Waals surface area contributed by atoms with Crippen molar-refractivity contribution < 1.29 is 19.5 Å². The number of benzene rings is 1. The van der Waals surface area contributed by atoms with Gasteiger partial charge >= 0.3 is 0 Å². The van der Waals surface area contributed by atoms with E-state index in [9.17, 15) is 19.5 Å². The number of fused-ring (bicyclic) bond motifs is 1. The van der Waals surface area contributed by atoms with Crippen LogP contribution in [0.25, 0.3) is 5.69 Å². The summed E-state index contributed by atoms with van der Waals surface area (Å²) in [5, 5.41) is 17.7. The quantitative estimate of drug-likeness (QED) is 0.398. The maximum Gasteiger partial charge on any atom is 0.269 e. The lowest BCUT2D eigenvalue weighted by Crippen LogP contribution is -2.33. The highest BCUT2D eigenvalue weighted by Crippen LogP contribution is 2.36. The molecule has 2 aromatic rings. The molecular formula is C25H29N5O4. The predicted octanol–water partition coefficient (Wildman–Crippen LogP) is 1.07. The molecule has 9 nitrogen and oxygen atoms in total. The van der Waals surface area contributed by atoms with Crippen LogP contribution < -0.4 is 11.1 Å². The number of hydrogen-bond donors (Lipinski definition) is 3. The molecule has 1 heterocycles. The van der Waals surface area contributed by atoms with Gasteiger partial charge in [-0.05, 0) is 50.3 Å². The Kier molecular flexibility index (Phi) is 6.98. The second-order valence-electron chi connectivity index (χ2n) is 8.92. The van der Waals surface area contributed by atoms with Crippen molar-refractivity contribution in [3.8, 4) is 17.5 Å². The first-order valence-corrected chi connectivity index (χ1v) is 11.5. The Morgan fingerprint density at radius 3 is 2.88 bits per heavy atom. The maximum atomic E-state index is 12.4. The van der Waals surface area contributed by atoms with Crippen molar-refractivity contribution in [2.24, 2.45) is 11.7 Å². The summed E-state index contributed by atoms with van der Waals surface area (Å²) in [5.41, 5.74) is 8.82. The van der Waals surface area contributed by atoms with Crippen molar-refractivity contribution in [1.82, 2.24) is 20.0 Å². The SMILES string of the molecule is CN(C=O)CCC(O)C#Cc1cccc(-n2nc(C(N)=O)c3c2CCCC3NC(=O)C2CC2)c1. The van der Waals surface area contributed by atoms with E-state index in [2.05, 4.69) is 22.3 Å². The van der Waals surface area contributed by atoms with Gasteiger partial charge in [0.05, 0.1) is 17.4 Å². The molecule has 34 heavy (non-hydrogen) atoms. The van der Waals surface area contributed by atoms with Gasteiger partial charge in [-0.2, -0.15) is 5.10 Å². The normalized spacial score (nSPS) is 17.6. The minimum Gasteiger partial charge on any atom is -0.380 e. The van der Waals surface area contributed by atoms with E-state index in [0.29, 0.717) is 36.9 Å². The van der Waals surface area contributed by atoms with Gasteiger partial charge in [0.25, 0.3) is 5.91 Å². The molecule has 2 aliphatic rings. The van der Waals surface area contributed by atoms with Crippen molar-refractivity contribution in [2.75, 3.05) is 13.6 Å². The van der Waals surface area contributed by atoms with E-state index >= 15 is 0 Å². The average Bonchev–Trinajstić information content (AvgIpc) is 3.61. The van der Waals surface area contributed by atoms with Gasteiger partial charge in [0.2, 0.25) is 12.3 Å². The number of carbonyl (C=O) groups excluding carboxylic acids is 3. The summed E-state index contributed by atoms with van der Waals surface area (Å²) in [7, 11) is 1.64. The monoisotopic (exact) mass is 463 g/mol. The number of nitrogens with one attached hydrogen (secondary N) is 1. The lowest BCUT2D eigenvalue weighted by atomic mass is 9.90. The molecule has 178 valence electrons. The summed E-state index contributed by atoms with van der Waals surface area (Å²) in [6.07, 6.45) is 4.31. The molecule has 4 N–H and O–H groups in total. The van der Waals surface area contributed by atoms with Crippen molar-refractivity contribution in [3.05, 3.63) is 46.8 Å². The fourth-order valence-electron chi connectivity index (χ4n) is 4.20. The molecule has 3 amide bonds. The summed E-state index contributed by atoms with van der Waals surface area (Å²) in [5.74, 6) is 5.24. The Hall–Kier alpha value is -3.64. The predicted molar refractivity (Wildman–Crippen MR) is 125 cm³/mol. The van der Waals surface area contributed by atoms with E-state index in [0.717, 1.165) is 37.1 Å². The minimum absolute atomic E-state index is 0.0242. The second kappa shape index (κ2) is 10.1. The van der Waals surface area contributed by atoms with Gasteiger partial charge in [-0.25, -0.2) is 4.68 Å². The number of primary amides is 1. The molecule has 0 spiro atoms. The van der Waals surface area contributed by atoms with Crippen molar-refractivity contribution in [3.63, 3.8) is 0 Å². The Morgan fingerprint density at radius 1 is 1.38 bits per heavy atom. The number of amides is 3. The fourth-order valence-corrected chi connectivity index (χ4v) is 4.20. The molecule has 1 fully saturated rings. The van der Waals surface area contributed by atoms with Crippen LogP contribution in [0.2, 0.25) is 0 Å². The van der Waals surface area contributed by atoms with Crippen LogP contribution >= 0.6 is 0 Å². The molecule has 1 aromatic carbocycles. The van der Waals surface area contributed by atoms with Crippen LogP contribution in [0.5, 0.6) is 0 Å². The highest BCUT2D eigenvalue weighted by Gasteiger charge is 2.36. The van der Waals surface area contributed by atoms with Gasteiger partial charge in [0.1, 0.15) is 6.10 Å². The average molecular weight is 464 g/mol. The molecule has 9 heteroatoms.